The molecule has 4 nitrogen and oxygen atoms in total. The van der Waals surface area contributed by atoms with Crippen LogP contribution >= 0.6 is 16.3 Å². The molecule has 0 aliphatic rings. The van der Waals surface area contributed by atoms with Gasteiger partial charge < -0.3 is 3.83 Å². The van der Waals surface area contributed by atoms with Gasteiger partial charge in [-0.25, -0.2) is 5.48 Å². The van der Waals surface area contributed by atoms with Gasteiger partial charge in [0.15, 0.2) is 16.3 Å². The Morgan fingerprint density at radius 1 is 1.50 bits per heavy atom. The van der Waals surface area contributed by atoms with Gasteiger partial charge in [0, 0.05) is 0 Å². The molecule has 1 aromatic rings. The molecular weight excluding hydrogens is 226 g/mol. The Bertz CT molecular complexity index is 290. The summed E-state index contributed by atoms with van der Waals surface area (Å²) in [6.45, 7) is 0. The van der Waals surface area contributed by atoms with E-state index in [4.69, 9.17) is 9.04 Å². The zero-order valence-electron chi connectivity index (χ0n) is 5.95. The summed E-state index contributed by atoms with van der Waals surface area (Å²) in [7, 11) is 0. The Kier molecular flexibility index (Phi) is 3.07. The fourth-order valence-corrected chi connectivity index (χ4v) is 1.06. The Morgan fingerprint density at radius 2 is 2.17 bits per heavy atom. The number of hydrogen-bond donors (Lipinski definition) is 2. The normalized spacial score (nSPS) is 9.17. The van der Waals surface area contributed by atoms with E-state index in [9.17, 15) is 4.79 Å². The summed E-state index contributed by atoms with van der Waals surface area (Å²) in [5.74, 6) is -0.255. The van der Waals surface area contributed by atoms with E-state index >= 15 is 0 Å². The van der Waals surface area contributed by atoms with Crippen molar-refractivity contribution in [1.82, 2.24) is 5.48 Å². The molecule has 5 heteroatoms. The summed E-state index contributed by atoms with van der Waals surface area (Å²) in [5.41, 5.74) is 1.78. The van der Waals surface area contributed by atoms with Crippen LogP contribution in [0.1, 0.15) is 10.4 Å². The van der Waals surface area contributed by atoms with Crippen LogP contribution in [0.3, 0.4) is 0 Å². The Hall–Kier alpha value is -1.07. The third kappa shape index (κ3) is 1.75. The van der Waals surface area contributed by atoms with Crippen molar-refractivity contribution in [2.45, 2.75) is 0 Å². The molecule has 0 radical (unpaired) electrons. The van der Waals surface area contributed by atoms with E-state index in [1.54, 1.807) is 18.2 Å². The first-order valence-corrected chi connectivity index (χ1v) is 3.76. The van der Waals surface area contributed by atoms with E-state index in [2.05, 4.69) is 16.3 Å². The Balaban J connectivity index is 3.04. The topological polar surface area (TPSA) is 58.6 Å². The third-order valence-corrected chi connectivity index (χ3v) is 1.67. The zero-order valence-corrected chi connectivity index (χ0v) is 7.54. The molecule has 0 aliphatic carbocycles. The highest BCUT2D eigenvalue weighted by atomic mass is 79.9. The number of benzene rings is 1. The number of carbonyl (C=O) groups excluding carboxylic acids is 1. The average molecular weight is 232 g/mol. The van der Waals surface area contributed by atoms with Crippen molar-refractivity contribution in [3.63, 3.8) is 0 Å². The smallest absolute Gasteiger partial charge is 0.278 e. The lowest BCUT2D eigenvalue weighted by Crippen LogP contribution is -2.18. The minimum absolute atomic E-state index is 0.261. The lowest BCUT2D eigenvalue weighted by Gasteiger charge is -2.02. The van der Waals surface area contributed by atoms with Gasteiger partial charge in [0.05, 0.1) is 5.56 Å². The largest absolute Gasteiger partial charge is 0.417 e. The van der Waals surface area contributed by atoms with Crippen LogP contribution in [0.5, 0.6) is 5.75 Å². The van der Waals surface area contributed by atoms with Gasteiger partial charge in [0.25, 0.3) is 5.91 Å². The molecular formula is C7H6BrNO3. The maximum atomic E-state index is 10.9. The number of hydroxylamine groups is 1. The first kappa shape index (κ1) is 9.02. The standard InChI is InChI=1S/C7H6BrNO3/c8-12-6-4-2-1-3-5(6)7(10)9-11/h1-4,11H,(H,9,10). The van der Waals surface area contributed by atoms with Crippen molar-refractivity contribution >= 4 is 22.2 Å². The molecule has 0 heterocycles. The number of nitrogens with one attached hydrogen (secondary N) is 1. The summed E-state index contributed by atoms with van der Waals surface area (Å²) < 4.78 is 4.71. The van der Waals surface area contributed by atoms with E-state index in [0.717, 1.165) is 0 Å². The van der Waals surface area contributed by atoms with Crippen molar-refractivity contribution in [2.24, 2.45) is 0 Å². The van der Waals surface area contributed by atoms with Gasteiger partial charge in [-0.1, -0.05) is 12.1 Å². The van der Waals surface area contributed by atoms with Crippen LogP contribution in [0.25, 0.3) is 0 Å². The Morgan fingerprint density at radius 3 is 2.75 bits per heavy atom. The quantitative estimate of drug-likeness (QED) is 0.599. The maximum absolute atomic E-state index is 10.9. The summed E-state index contributed by atoms with van der Waals surface area (Å²) in [6.07, 6.45) is 0. The van der Waals surface area contributed by atoms with E-state index in [0.29, 0.717) is 5.75 Å². The first-order chi connectivity index (χ1) is 5.79. The molecule has 0 unspecified atom stereocenters. The van der Waals surface area contributed by atoms with Crippen molar-refractivity contribution in [3.8, 4) is 5.75 Å². The molecule has 0 bridgehead atoms. The second kappa shape index (κ2) is 4.08. The summed E-state index contributed by atoms with van der Waals surface area (Å²) >= 11 is 2.74. The predicted molar refractivity (Wildman–Crippen MR) is 45.2 cm³/mol. The number of para-hydroxylation sites is 1. The molecule has 0 spiro atoms. The van der Waals surface area contributed by atoms with Crippen LogP contribution in [0, 0.1) is 0 Å². The second-order valence-corrected chi connectivity index (χ2v) is 2.34. The lowest BCUT2D eigenvalue weighted by atomic mass is 10.2. The fourth-order valence-electron chi connectivity index (χ4n) is 0.782. The summed E-state index contributed by atoms with van der Waals surface area (Å²) in [4.78, 5) is 10.9. The summed E-state index contributed by atoms with van der Waals surface area (Å²) in [6, 6.07) is 6.51. The molecule has 1 aromatic carbocycles. The van der Waals surface area contributed by atoms with E-state index in [-0.39, 0.29) is 5.56 Å². The van der Waals surface area contributed by atoms with Gasteiger partial charge in [0.2, 0.25) is 0 Å². The van der Waals surface area contributed by atoms with Crippen LogP contribution in [0.4, 0.5) is 0 Å². The second-order valence-electron chi connectivity index (χ2n) is 2.01. The number of rotatable bonds is 2. The number of carbonyl (C=O) groups is 1. The van der Waals surface area contributed by atoms with Crippen LogP contribution in [0.2, 0.25) is 0 Å². The average Bonchev–Trinajstić information content (AvgIpc) is 2.16. The van der Waals surface area contributed by atoms with Crippen molar-refractivity contribution in [1.29, 1.82) is 0 Å². The molecule has 1 amide bonds. The molecule has 0 atom stereocenters. The minimum atomic E-state index is -0.606. The highest BCUT2D eigenvalue weighted by Crippen LogP contribution is 2.19. The van der Waals surface area contributed by atoms with Gasteiger partial charge in [-0.05, 0) is 12.1 Å². The van der Waals surface area contributed by atoms with Crippen LogP contribution in [0.15, 0.2) is 24.3 Å². The molecule has 0 fully saturated rings. The van der Waals surface area contributed by atoms with Gasteiger partial charge in [-0.3, -0.25) is 10.0 Å². The third-order valence-electron chi connectivity index (χ3n) is 1.32. The molecule has 0 aliphatic heterocycles. The van der Waals surface area contributed by atoms with Crippen LogP contribution in [-0.2, 0) is 0 Å². The monoisotopic (exact) mass is 231 g/mol. The van der Waals surface area contributed by atoms with Gasteiger partial charge >= 0.3 is 0 Å². The number of halogens is 1. The minimum Gasteiger partial charge on any atom is -0.417 e. The molecule has 0 saturated carbocycles. The highest BCUT2D eigenvalue weighted by Gasteiger charge is 2.09. The zero-order chi connectivity index (χ0) is 8.97. The van der Waals surface area contributed by atoms with Crippen molar-refractivity contribution in [2.75, 3.05) is 0 Å². The summed E-state index contributed by atoms with van der Waals surface area (Å²) in [5, 5.41) is 8.34. The SMILES string of the molecule is O=C(NO)c1ccccc1OBr. The molecule has 12 heavy (non-hydrogen) atoms. The van der Waals surface area contributed by atoms with Crippen LogP contribution in [-0.4, -0.2) is 11.1 Å². The van der Waals surface area contributed by atoms with Gasteiger partial charge in [-0.15, -0.1) is 0 Å². The number of hydrogen-bond acceptors (Lipinski definition) is 3. The fraction of sp³-hybridized carbons (Fsp3) is 0. The van der Waals surface area contributed by atoms with E-state index < -0.39 is 5.91 Å². The molecule has 64 valence electrons. The highest BCUT2D eigenvalue weighted by molar-refractivity contribution is 9.06. The van der Waals surface area contributed by atoms with Crippen molar-refractivity contribution < 1.29 is 13.8 Å². The molecule has 0 aromatic heterocycles. The molecule has 1 rings (SSSR count). The Labute approximate surface area is 77.6 Å². The van der Waals surface area contributed by atoms with Crippen molar-refractivity contribution in [3.05, 3.63) is 29.8 Å². The first-order valence-electron chi connectivity index (χ1n) is 3.11. The molecule has 2 N–H and O–H groups in total. The van der Waals surface area contributed by atoms with Gasteiger partial charge in [-0.2, -0.15) is 0 Å². The van der Waals surface area contributed by atoms with E-state index in [1.165, 1.54) is 11.5 Å². The maximum Gasteiger partial charge on any atom is 0.278 e. The number of amides is 1. The van der Waals surface area contributed by atoms with Gasteiger partial charge in [0.1, 0.15) is 5.75 Å². The predicted octanol–water partition coefficient (Wildman–Crippen LogP) is 1.49. The van der Waals surface area contributed by atoms with Crippen LogP contribution < -0.4 is 9.31 Å². The van der Waals surface area contributed by atoms with E-state index in [1.807, 2.05) is 0 Å². The lowest BCUT2D eigenvalue weighted by molar-refractivity contribution is 0.0705. The molecule has 0 saturated heterocycles.